The van der Waals surface area contributed by atoms with Crippen molar-refractivity contribution in [2.45, 2.75) is 19.4 Å². The molecule has 0 saturated heterocycles. The predicted molar refractivity (Wildman–Crippen MR) is 70.7 cm³/mol. The molecule has 1 unspecified atom stereocenters. The molecule has 1 aromatic carbocycles. The van der Waals surface area contributed by atoms with Gasteiger partial charge in [0.15, 0.2) is 6.10 Å². The van der Waals surface area contributed by atoms with Crippen LogP contribution in [0.4, 0.5) is 0 Å². The van der Waals surface area contributed by atoms with Crippen molar-refractivity contribution in [2.75, 3.05) is 13.2 Å². The molecule has 19 heavy (non-hydrogen) atoms. The summed E-state index contributed by atoms with van der Waals surface area (Å²) in [5.74, 6) is 0.0623. The number of para-hydroxylation sites is 1. The lowest BCUT2D eigenvalue weighted by Crippen LogP contribution is -2.18. The van der Waals surface area contributed by atoms with E-state index in [0.717, 1.165) is 0 Å². The molecule has 0 spiro atoms. The van der Waals surface area contributed by atoms with Crippen LogP contribution in [0.25, 0.3) is 0 Å². The summed E-state index contributed by atoms with van der Waals surface area (Å²) >= 11 is 5.71. The zero-order valence-electron chi connectivity index (χ0n) is 10.5. The molecule has 0 N–H and O–H groups in total. The maximum atomic E-state index is 11.7. The molecular weight excluding hydrogens is 270 g/mol. The lowest BCUT2D eigenvalue weighted by Gasteiger charge is -2.13. The average molecular weight is 284 g/mol. The summed E-state index contributed by atoms with van der Waals surface area (Å²) in [5, 5.41) is 4.05. The molecule has 0 radical (unpaired) electrons. The van der Waals surface area contributed by atoms with Crippen LogP contribution in [-0.2, 0) is 9.57 Å². The van der Waals surface area contributed by atoms with E-state index in [1.165, 1.54) is 0 Å². The molecular formula is C13H14ClNO4. The molecule has 0 saturated carbocycles. The second-order valence-electron chi connectivity index (χ2n) is 3.93. The van der Waals surface area contributed by atoms with Crippen LogP contribution in [0.5, 0.6) is 5.75 Å². The van der Waals surface area contributed by atoms with Crippen LogP contribution in [-0.4, -0.2) is 30.5 Å². The maximum absolute atomic E-state index is 11.7. The molecule has 6 heteroatoms. The van der Waals surface area contributed by atoms with Crippen molar-refractivity contribution < 1.29 is 19.1 Å². The summed E-state index contributed by atoms with van der Waals surface area (Å²) in [7, 11) is 0. The molecule has 0 fully saturated rings. The van der Waals surface area contributed by atoms with Gasteiger partial charge >= 0.3 is 5.97 Å². The van der Waals surface area contributed by atoms with Gasteiger partial charge in [0.05, 0.1) is 6.61 Å². The minimum absolute atomic E-state index is 0.220. The first-order chi connectivity index (χ1) is 9.20. The quantitative estimate of drug-likeness (QED) is 0.780. The second-order valence-corrected chi connectivity index (χ2v) is 4.36. The Labute approximate surface area is 116 Å². The Hall–Kier alpha value is -1.75. The van der Waals surface area contributed by atoms with Crippen LogP contribution in [0.2, 0.25) is 0 Å². The molecule has 1 aromatic rings. The fourth-order valence-corrected chi connectivity index (χ4v) is 1.85. The SMILES string of the molecule is CCOC(=O)c1ccccc1OCC1CC(Cl)=NO1. The monoisotopic (exact) mass is 283 g/mol. The summed E-state index contributed by atoms with van der Waals surface area (Å²) in [6.07, 6.45) is 0.297. The summed E-state index contributed by atoms with van der Waals surface area (Å²) in [6.45, 7) is 2.35. The zero-order chi connectivity index (χ0) is 13.7. The van der Waals surface area contributed by atoms with Crippen LogP contribution >= 0.6 is 11.6 Å². The molecule has 5 nitrogen and oxygen atoms in total. The largest absolute Gasteiger partial charge is 0.489 e. The molecule has 0 bridgehead atoms. The number of rotatable bonds is 5. The normalized spacial score (nSPS) is 17.6. The van der Waals surface area contributed by atoms with Gasteiger partial charge in [0.25, 0.3) is 0 Å². The van der Waals surface area contributed by atoms with Gasteiger partial charge in [-0.1, -0.05) is 28.9 Å². The van der Waals surface area contributed by atoms with E-state index in [-0.39, 0.29) is 12.7 Å². The molecule has 1 heterocycles. The predicted octanol–water partition coefficient (Wildman–Crippen LogP) is 2.58. The van der Waals surface area contributed by atoms with Crippen LogP contribution in [0.15, 0.2) is 29.4 Å². The molecule has 1 aliphatic rings. The first-order valence-electron chi connectivity index (χ1n) is 5.98. The first-order valence-corrected chi connectivity index (χ1v) is 6.35. The van der Waals surface area contributed by atoms with E-state index in [1.54, 1.807) is 31.2 Å². The molecule has 1 aliphatic heterocycles. The number of oxime groups is 1. The van der Waals surface area contributed by atoms with Gasteiger partial charge in [-0.15, -0.1) is 0 Å². The second kappa shape index (κ2) is 6.43. The van der Waals surface area contributed by atoms with E-state index in [9.17, 15) is 4.79 Å². The van der Waals surface area contributed by atoms with Gasteiger partial charge in [-0.05, 0) is 19.1 Å². The van der Waals surface area contributed by atoms with Gasteiger partial charge in [-0.3, -0.25) is 0 Å². The Balaban J connectivity index is 1.98. The van der Waals surface area contributed by atoms with Crippen LogP contribution < -0.4 is 4.74 Å². The maximum Gasteiger partial charge on any atom is 0.341 e. The topological polar surface area (TPSA) is 57.1 Å². The highest BCUT2D eigenvalue weighted by Gasteiger charge is 2.21. The lowest BCUT2D eigenvalue weighted by atomic mass is 10.2. The number of ether oxygens (including phenoxy) is 2. The van der Waals surface area contributed by atoms with Crippen molar-refractivity contribution in [3.63, 3.8) is 0 Å². The molecule has 0 aromatic heterocycles. The number of carbonyl (C=O) groups excluding carboxylic acids is 1. The summed E-state index contributed by atoms with van der Waals surface area (Å²) in [4.78, 5) is 16.8. The van der Waals surface area contributed by atoms with Crippen molar-refractivity contribution in [2.24, 2.45) is 5.16 Å². The Morgan fingerprint density at radius 3 is 3.00 bits per heavy atom. The van der Waals surface area contributed by atoms with Gasteiger partial charge in [0.1, 0.15) is 23.1 Å². The van der Waals surface area contributed by atoms with Crippen LogP contribution in [0.3, 0.4) is 0 Å². The number of hydrogen-bond acceptors (Lipinski definition) is 5. The summed E-state index contributed by atoms with van der Waals surface area (Å²) < 4.78 is 10.5. The van der Waals surface area contributed by atoms with Crippen LogP contribution in [0.1, 0.15) is 23.7 Å². The fourth-order valence-electron chi connectivity index (χ4n) is 1.64. The van der Waals surface area contributed by atoms with Crippen molar-refractivity contribution >= 4 is 22.7 Å². The van der Waals surface area contributed by atoms with Gasteiger partial charge in [0.2, 0.25) is 0 Å². The molecule has 2 rings (SSSR count). The lowest BCUT2D eigenvalue weighted by molar-refractivity contribution is 0.0436. The van der Waals surface area contributed by atoms with E-state index < -0.39 is 5.97 Å². The van der Waals surface area contributed by atoms with Crippen LogP contribution in [0, 0.1) is 0 Å². The Kier molecular flexibility index (Phi) is 4.63. The Morgan fingerprint density at radius 1 is 1.53 bits per heavy atom. The highest BCUT2D eigenvalue weighted by molar-refractivity contribution is 6.65. The van der Waals surface area contributed by atoms with Gasteiger partial charge in [-0.2, -0.15) is 0 Å². The Morgan fingerprint density at radius 2 is 2.32 bits per heavy atom. The highest BCUT2D eigenvalue weighted by Crippen LogP contribution is 2.21. The van der Waals surface area contributed by atoms with E-state index in [2.05, 4.69) is 5.16 Å². The van der Waals surface area contributed by atoms with Crippen molar-refractivity contribution in [3.05, 3.63) is 29.8 Å². The average Bonchev–Trinajstić information content (AvgIpc) is 2.83. The molecule has 102 valence electrons. The zero-order valence-corrected chi connectivity index (χ0v) is 11.2. The van der Waals surface area contributed by atoms with E-state index in [4.69, 9.17) is 25.9 Å². The van der Waals surface area contributed by atoms with Crippen molar-refractivity contribution in [1.29, 1.82) is 0 Å². The number of benzene rings is 1. The smallest absolute Gasteiger partial charge is 0.341 e. The van der Waals surface area contributed by atoms with Crippen molar-refractivity contribution in [3.8, 4) is 5.75 Å². The third kappa shape index (κ3) is 3.61. The van der Waals surface area contributed by atoms with Gasteiger partial charge < -0.3 is 14.3 Å². The highest BCUT2D eigenvalue weighted by atomic mass is 35.5. The molecule has 1 atom stereocenters. The molecule has 0 aliphatic carbocycles. The molecule has 0 amide bonds. The van der Waals surface area contributed by atoms with Gasteiger partial charge in [0, 0.05) is 6.42 Å². The van der Waals surface area contributed by atoms with Crippen molar-refractivity contribution in [1.82, 2.24) is 0 Å². The Bertz CT molecular complexity index is 489. The summed E-state index contributed by atoms with van der Waals surface area (Å²) in [6, 6.07) is 6.91. The number of nitrogens with zero attached hydrogens (tertiary/aromatic N) is 1. The van der Waals surface area contributed by atoms with E-state index in [0.29, 0.717) is 29.5 Å². The minimum atomic E-state index is -0.403. The number of carbonyl (C=O) groups is 1. The third-order valence-electron chi connectivity index (χ3n) is 2.50. The standard InChI is InChI=1S/C13H14ClNO4/c1-2-17-13(16)10-5-3-4-6-11(10)18-8-9-7-12(14)15-19-9/h3-6,9H,2,7-8H2,1H3. The number of halogens is 1. The van der Waals surface area contributed by atoms with E-state index >= 15 is 0 Å². The first kappa shape index (κ1) is 13.7. The van der Waals surface area contributed by atoms with Gasteiger partial charge in [-0.25, -0.2) is 4.79 Å². The summed E-state index contributed by atoms with van der Waals surface area (Å²) in [5.41, 5.74) is 0.398. The fraction of sp³-hybridized carbons (Fsp3) is 0.385. The van der Waals surface area contributed by atoms with E-state index in [1.807, 2.05) is 0 Å². The third-order valence-corrected chi connectivity index (χ3v) is 2.73. The minimum Gasteiger partial charge on any atom is -0.489 e. The number of esters is 1. The number of hydrogen-bond donors (Lipinski definition) is 0.